The third kappa shape index (κ3) is 13.5. The number of unbranched alkanes of at least 4 members (excludes halogenated alkanes) is 1. The summed E-state index contributed by atoms with van der Waals surface area (Å²) >= 11 is 0. The average molecular weight is 816 g/mol. The molecule has 3 aliphatic rings. The van der Waals surface area contributed by atoms with Crippen molar-refractivity contribution in [1.29, 1.82) is 0 Å². The number of hydrogen-bond donors (Lipinski definition) is 4. The minimum atomic E-state index is -1.32. The summed E-state index contributed by atoms with van der Waals surface area (Å²) in [6.45, 7) is 6.52. The highest BCUT2D eigenvalue weighted by Crippen LogP contribution is 2.30. The Morgan fingerprint density at radius 2 is 1.71 bits per heavy atom. The van der Waals surface area contributed by atoms with Crippen LogP contribution in [-0.2, 0) is 30.2 Å². The number of carbonyl (C=O) groups excluding carboxylic acids is 4. The van der Waals surface area contributed by atoms with E-state index in [-0.39, 0.29) is 18.9 Å². The van der Waals surface area contributed by atoms with Crippen LogP contribution in [0.4, 0.5) is 9.59 Å². The highest BCUT2D eigenvalue weighted by Gasteiger charge is 2.44. The molecule has 3 fully saturated rings. The number of oxazole rings is 1. The summed E-state index contributed by atoms with van der Waals surface area (Å²) in [5.74, 6) is -0.473. The van der Waals surface area contributed by atoms with Gasteiger partial charge in [-0.3, -0.25) is 9.59 Å². The van der Waals surface area contributed by atoms with E-state index in [1.807, 2.05) is 42.5 Å². The first kappa shape index (κ1) is 43.6. The SMILES string of the molecule is CC(C)(C)OC(=O)NCCCC[C@H](NC(=O)[C@@H]1C[C@@H](OCC=C2CCCC2)CN1C(=O)[C@@H](CCc1ccccc1)NC(=O)OCC1CC1)C(O)c1nc2ccccc2o1. The van der Waals surface area contributed by atoms with Gasteiger partial charge in [0.2, 0.25) is 17.7 Å². The maximum Gasteiger partial charge on any atom is 0.407 e. The molecule has 2 aromatic carbocycles. The van der Waals surface area contributed by atoms with Gasteiger partial charge >= 0.3 is 12.2 Å². The van der Waals surface area contributed by atoms with Gasteiger partial charge in [0.05, 0.1) is 25.4 Å². The number of rotatable bonds is 19. The maximum absolute atomic E-state index is 14.6. The van der Waals surface area contributed by atoms with Crippen molar-refractivity contribution in [2.24, 2.45) is 5.92 Å². The highest BCUT2D eigenvalue weighted by molar-refractivity contribution is 5.92. The molecule has 0 bridgehead atoms. The number of aryl methyl sites for hydroxylation is 1. The first-order chi connectivity index (χ1) is 28.4. The van der Waals surface area contributed by atoms with Crippen LogP contribution in [0.2, 0.25) is 0 Å². The molecule has 2 aliphatic carbocycles. The lowest BCUT2D eigenvalue weighted by Gasteiger charge is -2.30. The van der Waals surface area contributed by atoms with Crippen molar-refractivity contribution >= 4 is 35.1 Å². The van der Waals surface area contributed by atoms with Gasteiger partial charge in [0, 0.05) is 19.5 Å². The quantitative estimate of drug-likeness (QED) is 0.0754. The Morgan fingerprint density at radius 3 is 2.44 bits per heavy atom. The largest absolute Gasteiger partial charge is 0.449 e. The van der Waals surface area contributed by atoms with Crippen LogP contribution in [0.25, 0.3) is 11.1 Å². The molecule has 59 heavy (non-hydrogen) atoms. The molecule has 1 aliphatic heterocycles. The van der Waals surface area contributed by atoms with Crippen molar-refractivity contribution in [3.05, 3.63) is 77.7 Å². The number of fused-ring (bicyclic) bond motifs is 1. The average Bonchev–Trinajstić information content (AvgIpc) is 3.53. The van der Waals surface area contributed by atoms with Gasteiger partial charge in [-0.2, -0.15) is 0 Å². The van der Waals surface area contributed by atoms with Crippen molar-refractivity contribution in [2.45, 2.75) is 134 Å². The molecule has 2 heterocycles. The Balaban J connectivity index is 1.19. The van der Waals surface area contributed by atoms with E-state index in [4.69, 9.17) is 18.6 Å². The number of aliphatic hydroxyl groups is 1. The van der Waals surface area contributed by atoms with Crippen molar-refractivity contribution in [2.75, 3.05) is 26.3 Å². The van der Waals surface area contributed by atoms with E-state index in [2.05, 4.69) is 27.0 Å². The molecular formula is C45H61N5O9. The molecule has 320 valence electrons. The van der Waals surface area contributed by atoms with Crippen LogP contribution in [0, 0.1) is 5.92 Å². The number of aliphatic hydroxyl groups excluding tert-OH is 1. The second-order valence-corrected chi connectivity index (χ2v) is 17.0. The first-order valence-corrected chi connectivity index (χ1v) is 21.3. The van der Waals surface area contributed by atoms with E-state index < -0.39 is 59.9 Å². The minimum absolute atomic E-state index is 0.0544. The Kier molecular flexibility index (Phi) is 15.4. The number of para-hydroxylation sites is 2. The fourth-order valence-corrected chi connectivity index (χ4v) is 7.59. The summed E-state index contributed by atoms with van der Waals surface area (Å²) in [6.07, 6.45) is 8.01. The van der Waals surface area contributed by atoms with Crippen LogP contribution < -0.4 is 16.0 Å². The number of likely N-dealkylation sites (tertiary alicyclic amines) is 1. The zero-order valence-electron chi connectivity index (χ0n) is 34.7. The second-order valence-electron chi connectivity index (χ2n) is 17.0. The summed E-state index contributed by atoms with van der Waals surface area (Å²) in [6, 6.07) is 14.1. The molecule has 4 N–H and O–H groups in total. The second kappa shape index (κ2) is 20.8. The number of benzene rings is 2. The van der Waals surface area contributed by atoms with Crippen molar-refractivity contribution in [3.63, 3.8) is 0 Å². The summed E-state index contributed by atoms with van der Waals surface area (Å²) in [4.78, 5) is 60.4. The maximum atomic E-state index is 14.6. The number of amides is 4. The monoisotopic (exact) mass is 815 g/mol. The number of nitrogens with one attached hydrogen (secondary N) is 3. The van der Waals surface area contributed by atoms with Gasteiger partial charge in [-0.05, 0) is 115 Å². The molecule has 1 aromatic heterocycles. The highest BCUT2D eigenvalue weighted by atomic mass is 16.6. The number of alkyl carbamates (subject to hydrolysis) is 2. The Labute approximate surface area is 346 Å². The van der Waals surface area contributed by atoms with Crippen LogP contribution in [0.3, 0.4) is 0 Å². The van der Waals surface area contributed by atoms with E-state index in [9.17, 15) is 24.3 Å². The molecule has 6 rings (SSSR count). The van der Waals surface area contributed by atoms with Gasteiger partial charge in [-0.15, -0.1) is 0 Å². The first-order valence-electron chi connectivity index (χ1n) is 21.3. The standard InChI is InChI=1S/C45H61N5O9/c1-45(2,3)59-43(54)46-25-12-11-18-35(39(51)41-48-34-17-9-10-19-38(34)58-41)47-40(52)37-27-33(56-26-24-31-15-7-8-16-31)28-50(37)42(53)36(23-22-30-13-5-4-6-14-30)49-44(55)57-29-32-20-21-32/h4-6,9-10,13-14,17,19,24,32-33,35-37,39,51H,7-8,11-12,15-16,18,20-23,25-29H2,1-3H3,(H,46,54)(H,47,52)(H,49,55)/t33-,35+,36-,37+,39?/m1/s1. The molecular weight excluding hydrogens is 755 g/mol. The van der Waals surface area contributed by atoms with Gasteiger partial charge in [-0.1, -0.05) is 54.1 Å². The van der Waals surface area contributed by atoms with Crippen molar-refractivity contribution < 1.29 is 42.9 Å². The number of allylic oxidation sites excluding steroid dienone is 1. The molecule has 14 heteroatoms. The van der Waals surface area contributed by atoms with Gasteiger partial charge < -0.3 is 44.6 Å². The molecule has 0 spiro atoms. The van der Waals surface area contributed by atoms with Gasteiger partial charge in [0.25, 0.3) is 0 Å². The smallest absolute Gasteiger partial charge is 0.407 e. The van der Waals surface area contributed by atoms with E-state index in [0.717, 1.165) is 44.1 Å². The number of nitrogens with zero attached hydrogens (tertiary/aromatic N) is 2. The summed E-state index contributed by atoms with van der Waals surface area (Å²) < 4.78 is 23.1. The molecule has 5 atom stereocenters. The molecule has 2 saturated carbocycles. The third-order valence-electron chi connectivity index (χ3n) is 11.0. The normalized spacial score (nSPS) is 19.5. The molecule has 3 aromatic rings. The van der Waals surface area contributed by atoms with Crippen molar-refractivity contribution in [1.82, 2.24) is 25.8 Å². The number of ether oxygens (including phenoxy) is 3. The fraction of sp³-hybridized carbons (Fsp3) is 0.578. The lowest BCUT2D eigenvalue weighted by molar-refractivity contribution is -0.140. The van der Waals surface area contributed by atoms with Crippen molar-refractivity contribution in [3.8, 4) is 0 Å². The predicted molar refractivity (Wildman–Crippen MR) is 221 cm³/mol. The summed E-state index contributed by atoms with van der Waals surface area (Å²) in [7, 11) is 0. The summed E-state index contributed by atoms with van der Waals surface area (Å²) in [5.41, 5.74) is 2.80. The van der Waals surface area contributed by atoms with Gasteiger partial charge in [0.15, 0.2) is 11.7 Å². The summed E-state index contributed by atoms with van der Waals surface area (Å²) in [5, 5.41) is 20.3. The van der Waals surface area contributed by atoms with Crippen LogP contribution >= 0.6 is 0 Å². The lowest BCUT2D eigenvalue weighted by Crippen LogP contribution is -2.55. The molecule has 14 nitrogen and oxygen atoms in total. The molecule has 1 unspecified atom stereocenters. The predicted octanol–water partition coefficient (Wildman–Crippen LogP) is 6.67. The van der Waals surface area contributed by atoms with Crippen LogP contribution in [0.15, 0.2) is 70.7 Å². The Hall–Kier alpha value is -4.95. The van der Waals surface area contributed by atoms with E-state index in [0.29, 0.717) is 68.9 Å². The van der Waals surface area contributed by atoms with E-state index in [1.165, 1.54) is 10.5 Å². The topological polar surface area (TPSA) is 182 Å². The number of carbonyl (C=O) groups is 4. The van der Waals surface area contributed by atoms with Crippen LogP contribution in [0.5, 0.6) is 0 Å². The number of hydrogen-bond acceptors (Lipinski definition) is 10. The Morgan fingerprint density at radius 1 is 0.966 bits per heavy atom. The van der Waals surface area contributed by atoms with Gasteiger partial charge in [0.1, 0.15) is 23.2 Å². The van der Waals surface area contributed by atoms with Crippen LogP contribution in [0.1, 0.15) is 109 Å². The van der Waals surface area contributed by atoms with E-state index in [1.54, 1.807) is 32.9 Å². The zero-order valence-corrected chi connectivity index (χ0v) is 34.7. The lowest BCUT2D eigenvalue weighted by atomic mass is 10.0. The Bertz CT molecular complexity index is 1850. The fourth-order valence-electron chi connectivity index (χ4n) is 7.59. The molecule has 1 saturated heterocycles. The molecule has 4 amide bonds. The zero-order chi connectivity index (χ0) is 41.8. The minimum Gasteiger partial charge on any atom is -0.449 e. The molecule has 0 radical (unpaired) electrons. The number of aromatic nitrogens is 1. The third-order valence-corrected chi connectivity index (χ3v) is 11.0. The van der Waals surface area contributed by atoms with Crippen LogP contribution in [-0.4, -0.2) is 95.1 Å². The van der Waals surface area contributed by atoms with Gasteiger partial charge in [-0.25, -0.2) is 14.6 Å². The van der Waals surface area contributed by atoms with E-state index >= 15 is 0 Å².